The van der Waals surface area contributed by atoms with Crippen LogP contribution in [0.4, 0.5) is 0 Å². The lowest BCUT2D eigenvalue weighted by atomic mass is 10.0. The summed E-state index contributed by atoms with van der Waals surface area (Å²) < 4.78 is 23.8. The molecule has 0 saturated heterocycles. The summed E-state index contributed by atoms with van der Waals surface area (Å²) >= 11 is 0. The number of carbonyl (C=O) groups excluding carboxylic acids is 1. The highest BCUT2D eigenvalue weighted by atomic mass is 31.2. The lowest BCUT2D eigenvalue weighted by molar-refractivity contribution is -0.870. The van der Waals surface area contributed by atoms with Crippen LogP contribution in [-0.4, -0.2) is 73.4 Å². The molecule has 0 saturated carbocycles. The van der Waals surface area contributed by atoms with Gasteiger partial charge >= 0.3 is 7.82 Å². The van der Waals surface area contributed by atoms with Gasteiger partial charge in [0.2, 0.25) is 5.91 Å². The summed E-state index contributed by atoms with van der Waals surface area (Å²) in [4.78, 5) is 23.4. The minimum absolute atomic E-state index is 0.0572. The molecule has 484 valence electrons. The van der Waals surface area contributed by atoms with E-state index >= 15 is 0 Å². The molecule has 0 aliphatic heterocycles. The molecule has 1 amide bonds. The summed E-state index contributed by atoms with van der Waals surface area (Å²) in [5.74, 6) is -0.180. The molecule has 0 fully saturated rings. The van der Waals surface area contributed by atoms with Crippen LogP contribution >= 0.6 is 7.82 Å². The molecule has 3 N–H and O–H groups in total. The normalized spacial score (nSPS) is 13.9. The summed E-state index contributed by atoms with van der Waals surface area (Å²) in [7, 11) is 1.57. The van der Waals surface area contributed by atoms with Gasteiger partial charge in [-0.2, -0.15) is 0 Å². The van der Waals surface area contributed by atoms with Gasteiger partial charge in [-0.15, -0.1) is 0 Å². The maximum absolute atomic E-state index is 13.1. The fourth-order valence-corrected chi connectivity index (χ4v) is 11.7. The molecule has 0 bridgehead atoms. The summed E-state index contributed by atoms with van der Waals surface area (Å²) in [6, 6.07) is -0.865. The summed E-state index contributed by atoms with van der Waals surface area (Å²) in [5.41, 5.74) is 0. The van der Waals surface area contributed by atoms with Gasteiger partial charge in [0.15, 0.2) is 0 Å². The van der Waals surface area contributed by atoms with Crippen LogP contribution in [0.1, 0.15) is 361 Å². The fraction of sp³-hybridized carbons (Fsp3) is 0.877. The van der Waals surface area contributed by atoms with E-state index in [1.165, 1.54) is 295 Å². The molecule has 0 heterocycles. The quantitative estimate of drug-likeness (QED) is 0.0243. The number of hydrogen-bond donors (Lipinski definition) is 3. The van der Waals surface area contributed by atoms with Crippen molar-refractivity contribution in [3.8, 4) is 0 Å². The Labute approximate surface area is 511 Å². The Morgan fingerprint density at radius 2 is 0.707 bits per heavy atom. The first kappa shape index (κ1) is 80.5. The first-order valence-electron chi connectivity index (χ1n) is 36.0. The molecule has 0 aromatic heterocycles. The SMILES string of the molecule is CCCCCCC/C=C\C/C=C\CCCCCCCCCCCCCCCCCCCCCC(=O)NC(COP(=O)(O)OCC[N+](C)(C)C)C(O)/C=C/CC/C=C/CCCCCCCCCCCCCCCCCCCCCCCCC. The van der Waals surface area contributed by atoms with Crippen LogP contribution in [0.5, 0.6) is 0 Å². The molecule has 0 aromatic carbocycles. The number of hydrogen-bond acceptors (Lipinski definition) is 5. The van der Waals surface area contributed by atoms with E-state index in [0.717, 1.165) is 44.9 Å². The number of aliphatic hydroxyl groups is 1. The highest BCUT2D eigenvalue weighted by Crippen LogP contribution is 2.43. The van der Waals surface area contributed by atoms with Crippen molar-refractivity contribution in [2.75, 3.05) is 40.9 Å². The van der Waals surface area contributed by atoms with Crippen molar-refractivity contribution < 1.29 is 32.9 Å². The lowest BCUT2D eigenvalue weighted by Crippen LogP contribution is -2.45. The first-order valence-corrected chi connectivity index (χ1v) is 37.5. The Hall–Kier alpha value is -1.54. The van der Waals surface area contributed by atoms with Gasteiger partial charge in [-0.25, -0.2) is 4.57 Å². The van der Waals surface area contributed by atoms with Crippen molar-refractivity contribution in [3.63, 3.8) is 0 Å². The second-order valence-corrected chi connectivity index (χ2v) is 27.4. The number of allylic oxidation sites excluding steroid dienone is 7. The van der Waals surface area contributed by atoms with Crippen LogP contribution in [0.15, 0.2) is 48.6 Å². The van der Waals surface area contributed by atoms with E-state index in [1.54, 1.807) is 6.08 Å². The molecule has 3 unspecified atom stereocenters. The second kappa shape index (κ2) is 63.9. The van der Waals surface area contributed by atoms with Gasteiger partial charge in [-0.3, -0.25) is 13.8 Å². The topological polar surface area (TPSA) is 105 Å². The van der Waals surface area contributed by atoms with Gasteiger partial charge in [0.05, 0.1) is 39.9 Å². The van der Waals surface area contributed by atoms with Gasteiger partial charge in [-0.05, 0) is 64.2 Å². The minimum atomic E-state index is -4.36. The minimum Gasteiger partial charge on any atom is -0.387 e. The van der Waals surface area contributed by atoms with Gasteiger partial charge in [0.25, 0.3) is 0 Å². The first-order chi connectivity index (χ1) is 40.0. The van der Waals surface area contributed by atoms with Crippen LogP contribution in [0.3, 0.4) is 0 Å². The number of phosphoric acid groups is 1. The molecular weight excluding hydrogens is 1030 g/mol. The van der Waals surface area contributed by atoms with Crippen LogP contribution in [0.25, 0.3) is 0 Å². The van der Waals surface area contributed by atoms with Gasteiger partial charge in [-0.1, -0.05) is 339 Å². The summed E-state index contributed by atoms with van der Waals surface area (Å²) in [6.45, 7) is 4.84. The number of unbranched alkanes of at least 4 members (excludes halogenated alkanes) is 48. The third-order valence-corrected chi connectivity index (χ3v) is 17.5. The number of carbonyl (C=O) groups is 1. The Morgan fingerprint density at radius 3 is 1.05 bits per heavy atom. The van der Waals surface area contributed by atoms with E-state index in [-0.39, 0.29) is 19.1 Å². The summed E-state index contributed by atoms with van der Waals surface area (Å²) in [5, 5.41) is 14.0. The molecule has 9 heteroatoms. The van der Waals surface area contributed by atoms with Crippen molar-refractivity contribution >= 4 is 13.7 Å². The third kappa shape index (κ3) is 66.0. The van der Waals surface area contributed by atoms with E-state index < -0.39 is 20.0 Å². The monoisotopic (exact) mass is 1170 g/mol. The van der Waals surface area contributed by atoms with Gasteiger partial charge in [0.1, 0.15) is 13.2 Å². The van der Waals surface area contributed by atoms with Crippen LogP contribution in [0, 0.1) is 0 Å². The number of nitrogens with one attached hydrogen (secondary N) is 1. The third-order valence-electron chi connectivity index (χ3n) is 16.5. The van der Waals surface area contributed by atoms with E-state index in [1.807, 2.05) is 27.2 Å². The maximum atomic E-state index is 13.1. The van der Waals surface area contributed by atoms with Crippen LogP contribution < -0.4 is 5.32 Å². The summed E-state index contributed by atoms with van der Waals surface area (Å²) in [6.07, 6.45) is 87.0. The van der Waals surface area contributed by atoms with Crippen molar-refractivity contribution in [3.05, 3.63) is 48.6 Å². The Morgan fingerprint density at radius 1 is 0.415 bits per heavy atom. The van der Waals surface area contributed by atoms with E-state index in [2.05, 4.69) is 55.6 Å². The molecule has 8 nitrogen and oxygen atoms in total. The highest BCUT2D eigenvalue weighted by molar-refractivity contribution is 7.47. The molecule has 0 aliphatic rings. The van der Waals surface area contributed by atoms with Crippen LogP contribution in [-0.2, 0) is 18.4 Å². The fourth-order valence-electron chi connectivity index (χ4n) is 10.9. The molecule has 3 atom stereocenters. The number of phosphoric ester groups is 1. The predicted octanol–water partition coefficient (Wildman–Crippen LogP) is 23.0. The predicted molar refractivity (Wildman–Crippen MR) is 360 cm³/mol. The standard InChI is InChI=1S/C73H141N2O6P/c1-6-8-10-12-14-16-18-20-22-24-26-28-30-32-34-36-37-39-41-43-45-47-49-51-53-55-57-59-61-63-65-67-73(77)74-71(70-81-82(78,79)80-69-68-75(3,4)5)72(76)66-64-62-60-58-56-54-52-50-48-46-44-42-40-38-35-33-31-29-27-25-23-21-19-17-15-13-11-9-7-2/h18,20,24,26,56,58,64,66,71-72,76H,6-17,19,21-23,25,27-55,57,59-63,65,67-70H2,1-5H3,(H-,74,77,78,79)/p+1/b20-18-,26-24-,58-56+,66-64+. The zero-order valence-electron chi connectivity index (χ0n) is 55.5. The average molecular weight is 1170 g/mol. The maximum Gasteiger partial charge on any atom is 0.472 e. The van der Waals surface area contributed by atoms with Crippen molar-refractivity contribution in [2.45, 2.75) is 373 Å². The smallest absolute Gasteiger partial charge is 0.387 e. The molecule has 0 spiro atoms. The zero-order valence-corrected chi connectivity index (χ0v) is 56.4. The van der Waals surface area contributed by atoms with Gasteiger partial charge in [0, 0.05) is 6.42 Å². The molecule has 0 radical (unpaired) electrons. The Kier molecular flexibility index (Phi) is 62.7. The molecule has 0 rings (SSSR count). The zero-order chi connectivity index (χ0) is 59.8. The van der Waals surface area contributed by atoms with E-state index in [0.29, 0.717) is 17.4 Å². The number of rotatable bonds is 67. The Balaban J connectivity index is 4.07. The number of nitrogens with zero attached hydrogens (tertiary/aromatic N) is 1. The average Bonchev–Trinajstić information content (AvgIpc) is 3.47. The molecule has 0 aromatic rings. The van der Waals surface area contributed by atoms with Crippen LogP contribution in [0.2, 0.25) is 0 Å². The van der Waals surface area contributed by atoms with Crippen molar-refractivity contribution in [1.82, 2.24) is 5.32 Å². The van der Waals surface area contributed by atoms with E-state index in [4.69, 9.17) is 9.05 Å². The second-order valence-electron chi connectivity index (χ2n) is 26.0. The lowest BCUT2D eigenvalue weighted by Gasteiger charge is -2.25. The van der Waals surface area contributed by atoms with Gasteiger partial charge < -0.3 is 19.8 Å². The van der Waals surface area contributed by atoms with Crippen molar-refractivity contribution in [1.29, 1.82) is 0 Å². The number of quaternary nitrogens is 1. The molecule has 0 aliphatic carbocycles. The highest BCUT2D eigenvalue weighted by Gasteiger charge is 2.28. The van der Waals surface area contributed by atoms with E-state index in [9.17, 15) is 19.4 Å². The number of likely N-dealkylation sites (N-methyl/N-ethyl adjacent to an activating group) is 1. The molecular formula is C73H142N2O6P+. The molecule has 82 heavy (non-hydrogen) atoms. The number of aliphatic hydroxyl groups excluding tert-OH is 1. The number of amides is 1. The largest absolute Gasteiger partial charge is 0.472 e. The van der Waals surface area contributed by atoms with Crippen molar-refractivity contribution in [2.24, 2.45) is 0 Å². The Bertz CT molecular complexity index is 1480.